The number of aromatic hydroxyl groups is 1. The van der Waals surface area contributed by atoms with Gasteiger partial charge in [-0.25, -0.2) is 0 Å². The maximum atomic E-state index is 11.4. The third-order valence-electron chi connectivity index (χ3n) is 1.85. The number of hydrogen-bond donors (Lipinski definition) is 4. The van der Waals surface area contributed by atoms with Crippen molar-refractivity contribution in [2.24, 2.45) is 0 Å². The summed E-state index contributed by atoms with van der Waals surface area (Å²) in [6.07, 6.45) is -0.416. The van der Waals surface area contributed by atoms with E-state index in [0.29, 0.717) is 5.69 Å². The molecule has 4 N–H and O–H groups in total. The Kier molecular flexibility index (Phi) is 4.67. The number of phenolic OH excluding ortho intramolecular Hbond substituents is 1. The molecule has 0 bridgehead atoms. The van der Waals surface area contributed by atoms with Crippen LogP contribution in [0.15, 0.2) is 24.3 Å². The van der Waals surface area contributed by atoms with Gasteiger partial charge in [-0.15, -0.1) is 0 Å². The van der Waals surface area contributed by atoms with E-state index in [1.807, 2.05) is 0 Å². The Labute approximate surface area is 103 Å². The molecular formula is C11H13N3O4. The fourth-order valence-electron chi connectivity index (χ4n) is 1.10. The van der Waals surface area contributed by atoms with Crippen molar-refractivity contribution < 1.29 is 19.5 Å². The molecule has 1 aromatic rings. The lowest BCUT2D eigenvalue weighted by atomic mass is 10.3. The average molecular weight is 251 g/mol. The second-order valence-corrected chi connectivity index (χ2v) is 3.50. The quantitative estimate of drug-likeness (QED) is 0.341. The third-order valence-corrected chi connectivity index (χ3v) is 1.85. The van der Waals surface area contributed by atoms with Crippen molar-refractivity contribution in [3.63, 3.8) is 0 Å². The van der Waals surface area contributed by atoms with E-state index in [4.69, 9.17) is 5.11 Å². The van der Waals surface area contributed by atoms with Crippen LogP contribution in [-0.4, -0.2) is 22.8 Å². The number of anilines is 1. The van der Waals surface area contributed by atoms with Gasteiger partial charge in [-0.1, -0.05) is 0 Å². The number of carbonyl (C=O) groups excluding carboxylic acids is 3. The molecule has 1 rings (SSSR count). The van der Waals surface area contributed by atoms with Crippen LogP contribution in [0.1, 0.15) is 13.3 Å². The van der Waals surface area contributed by atoms with Crippen molar-refractivity contribution in [2.75, 3.05) is 5.32 Å². The molecule has 7 nitrogen and oxygen atoms in total. The van der Waals surface area contributed by atoms with Crippen molar-refractivity contribution in [1.82, 2.24) is 10.9 Å². The highest BCUT2D eigenvalue weighted by atomic mass is 16.3. The molecule has 18 heavy (non-hydrogen) atoms. The first kappa shape index (κ1) is 13.5. The monoisotopic (exact) mass is 251 g/mol. The van der Waals surface area contributed by atoms with Crippen LogP contribution >= 0.6 is 0 Å². The van der Waals surface area contributed by atoms with E-state index >= 15 is 0 Å². The highest BCUT2D eigenvalue weighted by Gasteiger charge is 2.09. The molecule has 0 atom stereocenters. The van der Waals surface area contributed by atoms with Crippen LogP contribution in [0.5, 0.6) is 5.75 Å². The smallest absolute Gasteiger partial charge is 0.247 e. The van der Waals surface area contributed by atoms with Gasteiger partial charge in [0, 0.05) is 12.6 Å². The van der Waals surface area contributed by atoms with Crippen LogP contribution in [0.3, 0.4) is 0 Å². The minimum atomic E-state index is -0.624. The minimum absolute atomic E-state index is 0.0800. The van der Waals surface area contributed by atoms with Gasteiger partial charge < -0.3 is 10.4 Å². The highest BCUT2D eigenvalue weighted by molar-refractivity contribution is 6.03. The molecule has 3 amide bonds. The van der Waals surface area contributed by atoms with Crippen LogP contribution in [-0.2, 0) is 14.4 Å². The van der Waals surface area contributed by atoms with E-state index in [9.17, 15) is 14.4 Å². The normalized spacial score (nSPS) is 9.39. The van der Waals surface area contributed by atoms with Crippen LogP contribution in [0.2, 0.25) is 0 Å². The van der Waals surface area contributed by atoms with Crippen molar-refractivity contribution in [1.29, 1.82) is 0 Å². The first-order chi connectivity index (χ1) is 8.47. The second-order valence-electron chi connectivity index (χ2n) is 3.50. The standard InChI is InChI=1S/C11H13N3O4/c1-7(15)13-14-11(18)6-10(17)12-8-2-4-9(16)5-3-8/h2-5,16H,6H2,1H3,(H,12,17)(H,13,15)(H,14,18). The molecular weight excluding hydrogens is 238 g/mol. The molecule has 0 aliphatic heterocycles. The van der Waals surface area contributed by atoms with Gasteiger partial charge in [-0.3, -0.25) is 25.2 Å². The largest absolute Gasteiger partial charge is 0.508 e. The van der Waals surface area contributed by atoms with Crippen molar-refractivity contribution in [3.8, 4) is 5.75 Å². The molecule has 0 aliphatic rings. The number of hydrogen-bond acceptors (Lipinski definition) is 4. The Hall–Kier alpha value is -2.57. The van der Waals surface area contributed by atoms with E-state index in [1.54, 1.807) is 0 Å². The lowest BCUT2D eigenvalue weighted by Crippen LogP contribution is -2.41. The molecule has 0 aromatic heterocycles. The van der Waals surface area contributed by atoms with Crippen molar-refractivity contribution >= 4 is 23.4 Å². The second kappa shape index (κ2) is 6.24. The Bertz CT molecular complexity index is 456. The summed E-state index contributed by atoms with van der Waals surface area (Å²) in [4.78, 5) is 33.1. The lowest BCUT2D eigenvalue weighted by molar-refractivity contribution is -0.131. The Balaban J connectivity index is 2.39. The van der Waals surface area contributed by atoms with Crippen molar-refractivity contribution in [2.45, 2.75) is 13.3 Å². The van der Waals surface area contributed by atoms with Crippen molar-refractivity contribution in [3.05, 3.63) is 24.3 Å². The van der Waals surface area contributed by atoms with Crippen LogP contribution in [0, 0.1) is 0 Å². The minimum Gasteiger partial charge on any atom is -0.508 e. The fourth-order valence-corrected chi connectivity index (χ4v) is 1.10. The van der Waals surface area contributed by atoms with E-state index in [1.165, 1.54) is 31.2 Å². The molecule has 1 aromatic carbocycles. The van der Waals surface area contributed by atoms with Gasteiger partial charge in [-0.05, 0) is 24.3 Å². The number of hydrazine groups is 1. The zero-order valence-electron chi connectivity index (χ0n) is 9.69. The topological polar surface area (TPSA) is 108 Å². The number of amides is 3. The summed E-state index contributed by atoms with van der Waals surface area (Å²) in [5, 5.41) is 11.5. The van der Waals surface area contributed by atoms with Gasteiger partial charge in [0.2, 0.25) is 17.7 Å². The first-order valence-electron chi connectivity index (χ1n) is 5.11. The third kappa shape index (κ3) is 4.97. The SMILES string of the molecule is CC(=O)NNC(=O)CC(=O)Nc1ccc(O)cc1. The van der Waals surface area contributed by atoms with Gasteiger partial charge in [0.25, 0.3) is 0 Å². The summed E-state index contributed by atoms with van der Waals surface area (Å²) in [7, 11) is 0. The number of rotatable bonds is 3. The van der Waals surface area contributed by atoms with Gasteiger partial charge in [0.05, 0.1) is 0 Å². The molecule has 0 fully saturated rings. The van der Waals surface area contributed by atoms with Gasteiger partial charge in [0.1, 0.15) is 12.2 Å². The molecule has 7 heteroatoms. The summed E-state index contributed by atoms with van der Waals surface area (Å²) in [5.41, 5.74) is 4.60. The molecule has 0 unspecified atom stereocenters. The Morgan fingerprint density at radius 1 is 1.06 bits per heavy atom. The summed E-state index contributed by atoms with van der Waals surface area (Å²) in [6, 6.07) is 5.82. The number of benzene rings is 1. The lowest BCUT2D eigenvalue weighted by Gasteiger charge is -2.06. The zero-order valence-corrected chi connectivity index (χ0v) is 9.69. The first-order valence-corrected chi connectivity index (χ1v) is 5.11. The van der Waals surface area contributed by atoms with Gasteiger partial charge >= 0.3 is 0 Å². The average Bonchev–Trinajstić information content (AvgIpc) is 2.29. The van der Waals surface area contributed by atoms with Gasteiger partial charge in [-0.2, -0.15) is 0 Å². The predicted octanol–water partition coefficient (Wildman–Crippen LogP) is -0.112. The molecule has 0 aliphatic carbocycles. The highest BCUT2D eigenvalue weighted by Crippen LogP contribution is 2.13. The number of carbonyl (C=O) groups is 3. The van der Waals surface area contributed by atoms with Crippen LogP contribution in [0.25, 0.3) is 0 Å². The molecule has 0 saturated carbocycles. The summed E-state index contributed by atoms with van der Waals surface area (Å²) >= 11 is 0. The summed E-state index contributed by atoms with van der Waals surface area (Å²) < 4.78 is 0. The summed E-state index contributed by atoms with van der Waals surface area (Å²) in [6.45, 7) is 1.23. The van der Waals surface area contributed by atoms with Crippen LogP contribution < -0.4 is 16.2 Å². The molecule has 96 valence electrons. The summed E-state index contributed by atoms with van der Waals surface area (Å²) in [5.74, 6) is -1.50. The number of phenols is 1. The molecule has 0 heterocycles. The molecule has 0 spiro atoms. The maximum Gasteiger partial charge on any atom is 0.247 e. The van der Waals surface area contributed by atoms with E-state index in [2.05, 4.69) is 16.2 Å². The van der Waals surface area contributed by atoms with E-state index in [0.717, 1.165) is 0 Å². The maximum absolute atomic E-state index is 11.4. The Morgan fingerprint density at radius 3 is 2.22 bits per heavy atom. The van der Waals surface area contributed by atoms with Gasteiger partial charge in [0.15, 0.2) is 0 Å². The molecule has 0 radical (unpaired) electrons. The predicted molar refractivity (Wildman–Crippen MR) is 63.3 cm³/mol. The Morgan fingerprint density at radius 2 is 1.67 bits per heavy atom. The fraction of sp³-hybridized carbons (Fsp3) is 0.182. The molecule has 0 saturated heterocycles. The number of nitrogens with one attached hydrogen (secondary N) is 3. The van der Waals surface area contributed by atoms with E-state index in [-0.39, 0.29) is 5.75 Å². The zero-order chi connectivity index (χ0) is 13.5. The van der Waals surface area contributed by atoms with E-state index < -0.39 is 24.1 Å². The van der Waals surface area contributed by atoms with Crippen LogP contribution in [0.4, 0.5) is 5.69 Å².